The number of rotatable bonds is 5. The van der Waals surface area contributed by atoms with Gasteiger partial charge in [0.1, 0.15) is 5.82 Å². The molecule has 1 amide bonds. The van der Waals surface area contributed by atoms with E-state index in [1.54, 1.807) is 29.8 Å². The van der Waals surface area contributed by atoms with Crippen LogP contribution in [-0.4, -0.2) is 20.5 Å². The summed E-state index contributed by atoms with van der Waals surface area (Å²) in [6, 6.07) is 4.92. The molecule has 0 atom stereocenters. The van der Waals surface area contributed by atoms with Gasteiger partial charge >= 0.3 is 0 Å². The Morgan fingerprint density at radius 3 is 2.79 bits per heavy atom. The second-order valence-corrected chi connectivity index (χ2v) is 8.18. The highest BCUT2D eigenvalue weighted by Crippen LogP contribution is 2.33. The zero-order valence-electron chi connectivity index (χ0n) is 17.0. The van der Waals surface area contributed by atoms with E-state index in [0.717, 1.165) is 23.1 Å². The smallest absolute Gasteiger partial charge is 0.225 e. The lowest BCUT2D eigenvalue weighted by atomic mass is 9.86. The van der Waals surface area contributed by atoms with Gasteiger partial charge in [-0.15, -0.1) is 5.10 Å². The molecular weight excluding hydrogens is 367 g/mol. The molecule has 1 aliphatic rings. The Morgan fingerprint density at radius 2 is 2.03 bits per heavy atom. The van der Waals surface area contributed by atoms with Crippen LogP contribution in [-0.2, 0) is 4.79 Å². The minimum Gasteiger partial charge on any atom is -0.309 e. The number of benzene rings is 1. The number of aromatic nitrogens is 3. The van der Waals surface area contributed by atoms with E-state index in [4.69, 9.17) is 0 Å². The maximum Gasteiger partial charge on any atom is 0.225 e. The summed E-state index contributed by atoms with van der Waals surface area (Å²) in [6.07, 6.45) is 11.4. The topological polar surface area (TPSA) is 59.3 Å². The molecule has 0 bridgehead atoms. The number of amides is 1. The van der Waals surface area contributed by atoms with Gasteiger partial charge in [-0.05, 0) is 55.0 Å². The van der Waals surface area contributed by atoms with Crippen LogP contribution in [0.1, 0.15) is 56.1 Å². The van der Waals surface area contributed by atoms with E-state index < -0.39 is 0 Å². The van der Waals surface area contributed by atoms with Crippen molar-refractivity contribution in [3.05, 3.63) is 47.5 Å². The molecule has 2 heterocycles. The zero-order valence-corrected chi connectivity index (χ0v) is 17.0. The fourth-order valence-electron chi connectivity index (χ4n) is 4.19. The summed E-state index contributed by atoms with van der Waals surface area (Å²) in [4.78, 5) is 17.2. The predicted molar refractivity (Wildman–Crippen MR) is 112 cm³/mol. The summed E-state index contributed by atoms with van der Waals surface area (Å²) in [5, 5.41) is 7.55. The molecule has 0 saturated heterocycles. The third-order valence-electron chi connectivity index (χ3n) is 5.81. The number of carbonyl (C=O) groups excluding carboxylic acids is 1. The summed E-state index contributed by atoms with van der Waals surface area (Å²) in [5.41, 5.74) is 3.67. The van der Waals surface area contributed by atoms with Crippen LogP contribution < -0.4 is 5.32 Å². The summed E-state index contributed by atoms with van der Waals surface area (Å²) in [6.45, 7) is 3.67. The average molecular weight is 394 g/mol. The molecule has 3 aromatic rings. The standard InChI is InChI=1S/C23H27FN4O/c1-15-13-25-23-21(18-9-10-19(24)16(2)12-18)22(27-28(23)14-15)26-20(29)11-8-17-6-4-3-5-7-17/h9-10,12-14,17H,3-8,11H2,1-2H3,(H,26,27,29). The van der Waals surface area contributed by atoms with Crippen molar-refractivity contribution in [2.24, 2.45) is 5.92 Å². The van der Waals surface area contributed by atoms with Gasteiger partial charge in [0.2, 0.25) is 5.91 Å². The first-order chi connectivity index (χ1) is 14.0. The summed E-state index contributed by atoms with van der Waals surface area (Å²) in [5.74, 6) is 0.838. The number of hydrogen-bond acceptors (Lipinski definition) is 3. The van der Waals surface area contributed by atoms with E-state index in [1.165, 1.54) is 38.2 Å². The lowest BCUT2D eigenvalue weighted by Crippen LogP contribution is -2.15. The Bertz CT molecular complexity index is 1040. The maximum atomic E-state index is 13.8. The Labute approximate surface area is 170 Å². The lowest BCUT2D eigenvalue weighted by Gasteiger charge is -2.20. The first-order valence-corrected chi connectivity index (χ1v) is 10.4. The van der Waals surface area contributed by atoms with Crippen molar-refractivity contribution in [2.75, 3.05) is 5.32 Å². The molecular formula is C23H27FN4O. The van der Waals surface area contributed by atoms with Crippen molar-refractivity contribution >= 4 is 17.4 Å². The van der Waals surface area contributed by atoms with Crippen molar-refractivity contribution in [3.63, 3.8) is 0 Å². The fourth-order valence-corrected chi connectivity index (χ4v) is 4.19. The molecule has 4 rings (SSSR count). The highest BCUT2D eigenvalue weighted by molar-refractivity contribution is 5.97. The number of hydrogen-bond donors (Lipinski definition) is 1. The van der Waals surface area contributed by atoms with Gasteiger partial charge in [-0.25, -0.2) is 13.9 Å². The molecule has 5 nitrogen and oxygen atoms in total. The van der Waals surface area contributed by atoms with E-state index >= 15 is 0 Å². The summed E-state index contributed by atoms with van der Waals surface area (Å²) in [7, 11) is 0. The van der Waals surface area contributed by atoms with Crippen LogP contribution in [0.3, 0.4) is 0 Å². The normalized spacial score (nSPS) is 15.0. The van der Waals surface area contributed by atoms with Gasteiger partial charge in [-0.1, -0.05) is 38.2 Å². The molecule has 0 spiro atoms. The number of fused-ring (bicyclic) bond motifs is 1. The van der Waals surface area contributed by atoms with Crippen molar-refractivity contribution in [1.82, 2.24) is 14.6 Å². The van der Waals surface area contributed by atoms with Gasteiger partial charge in [0, 0.05) is 18.8 Å². The molecule has 1 saturated carbocycles. The van der Waals surface area contributed by atoms with Crippen LogP contribution in [0.15, 0.2) is 30.6 Å². The van der Waals surface area contributed by atoms with E-state index in [-0.39, 0.29) is 11.7 Å². The van der Waals surface area contributed by atoms with Crippen LogP contribution in [0.4, 0.5) is 10.2 Å². The highest BCUT2D eigenvalue weighted by Gasteiger charge is 2.20. The number of anilines is 1. The molecule has 2 aromatic heterocycles. The van der Waals surface area contributed by atoms with Crippen LogP contribution in [0.25, 0.3) is 16.8 Å². The van der Waals surface area contributed by atoms with Crippen molar-refractivity contribution in [2.45, 2.75) is 58.8 Å². The molecule has 0 radical (unpaired) electrons. The number of nitrogens with zero attached hydrogens (tertiary/aromatic N) is 3. The maximum absolute atomic E-state index is 13.8. The quantitative estimate of drug-likeness (QED) is 0.626. The van der Waals surface area contributed by atoms with Crippen LogP contribution in [0.2, 0.25) is 0 Å². The molecule has 1 fully saturated rings. The number of halogens is 1. The SMILES string of the molecule is Cc1cnc2c(-c3ccc(F)c(C)c3)c(NC(=O)CCC3CCCCC3)nn2c1. The zero-order chi connectivity index (χ0) is 20.4. The Kier molecular flexibility index (Phi) is 5.60. The minimum absolute atomic E-state index is 0.0317. The molecule has 0 unspecified atom stereocenters. The van der Waals surface area contributed by atoms with Gasteiger partial charge in [-0.2, -0.15) is 0 Å². The Hall–Kier alpha value is -2.76. The monoisotopic (exact) mass is 394 g/mol. The van der Waals surface area contributed by atoms with Crippen molar-refractivity contribution in [1.29, 1.82) is 0 Å². The van der Waals surface area contributed by atoms with Gasteiger partial charge in [0.15, 0.2) is 11.5 Å². The number of aryl methyl sites for hydroxylation is 2. The largest absolute Gasteiger partial charge is 0.309 e. The first-order valence-electron chi connectivity index (χ1n) is 10.4. The van der Waals surface area contributed by atoms with Crippen LogP contribution >= 0.6 is 0 Å². The number of nitrogens with one attached hydrogen (secondary N) is 1. The first kappa shape index (κ1) is 19.6. The fraction of sp³-hybridized carbons (Fsp3) is 0.435. The summed E-state index contributed by atoms with van der Waals surface area (Å²) < 4.78 is 15.5. The third kappa shape index (κ3) is 4.31. The molecule has 6 heteroatoms. The molecule has 1 aliphatic carbocycles. The van der Waals surface area contributed by atoms with E-state index in [2.05, 4.69) is 15.4 Å². The lowest BCUT2D eigenvalue weighted by molar-refractivity contribution is -0.116. The van der Waals surface area contributed by atoms with Gasteiger partial charge in [0.25, 0.3) is 0 Å². The van der Waals surface area contributed by atoms with Crippen molar-refractivity contribution in [3.8, 4) is 11.1 Å². The molecule has 29 heavy (non-hydrogen) atoms. The second-order valence-electron chi connectivity index (χ2n) is 8.18. The predicted octanol–water partition coefficient (Wildman–Crippen LogP) is 5.45. The van der Waals surface area contributed by atoms with Crippen molar-refractivity contribution < 1.29 is 9.18 Å². The number of carbonyl (C=O) groups is 1. The second kappa shape index (κ2) is 8.31. The Morgan fingerprint density at radius 1 is 1.24 bits per heavy atom. The summed E-state index contributed by atoms with van der Waals surface area (Å²) >= 11 is 0. The minimum atomic E-state index is -0.257. The molecule has 152 valence electrons. The molecule has 1 aromatic carbocycles. The van der Waals surface area contributed by atoms with Gasteiger partial charge in [0.05, 0.1) is 5.56 Å². The molecule has 0 aliphatic heterocycles. The third-order valence-corrected chi connectivity index (χ3v) is 5.81. The van der Waals surface area contributed by atoms with Gasteiger partial charge in [-0.3, -0.25) is 4.79 Å². The van der Waals surface area contributed by atoms with Gasteiger partial charge < -0.3 is 5.32 Å². The van der Waals surface area contributed by atoms with Crippen LogP contribution in [0, 0.1) is 25.6 Å². The molecule has 1 N–H and O–H groups in total. The van der Waals surface area contributed by atoms with Crippen LogP contribution in [0.5, 0.6) is 0 Å². The average Bonchev–Trinajstić information content (AvgIpc) is 3.06. The highest BCUT2D eigenvalue weighted by atomic mass is 19.1. The van der Waals surface area contributed by atoms with E-state index in [1.807, 2.05) is 13.1 Å². The van der Waals surface area contributed by atoms with E-state index in [9.17, 15) is 9.18 Å². The Balaban J connectivity index is 1.62. The van der Waals surface area contributed by atoms with E-state index in [0.29, 0.717) is 29.4 Å².